The van der Waals surface area contributed by atoms with Crippen LogP contribution in [0.25, 0.3) is 0 Å². The van der Waals surface area contributed by atoms with E-state index in [0.717, 1.165) is 16.9 Å². The van der Waals surface area contributed by atoms with E-state index < -0.39 is 0 Å². The predicted octanol–water partition coefficient (Wildman–Crippen LogP) is 5.31. The van der Waals surface area contributed by atoms with E-state index in [1.807, 2.05) is 30.3 Å². The first-order valence-corrected chi connectivity index (χ1v) is 6.70. The topological polar surface area (TPSA) is 9.23 Å². The molecule has 94 valence electrons. The molecule has 0 saturated heterocycles. The molecule has 0 spiro atoms. The second kappa shape index (κ2) is 6.33. The highest BCUT2D eigenvalue weighted by Gasteiger charge is 2.06. The first-order valence-electron chi connectivity index (χ1n) is 5.41. The maximum absolute atomic E-state index is 6.06. The molecule has 2 rings (SSSR count). The Morgan fingerprint density at radius 1 is 0.889 bits per heavy atom. The van der Waals surface area contributed by atoms with Gasteiger partial charge in [0, 0.05) is 21.5 Å². The molecule has 0 atom stereocenters. The third-order valence-electron chi connectivity index (χ3n) is 2.52. The van der Waals surface area contributed by atoms with Crippen LogP contribution in [0.2, 0.25) is 10.0 Å². The van der Waals surface area contributed by atoms with Crippen molar-refractivity contribution < 1.29 is 4.74 Å². The molecule has 0 amide bonds. The summed E-state index contributed by atoms with van der Waals surface area (Å²) in [7, 11) is 0. The first kappa shape index (κ1) is 13.5. The quantitative estimate of drug-likeness (QED) is 0.695. The molecule has 0 aliphatic rings. The van der Waals surface area contributed by atoms with Gasteiger partial charge in [-0.1, -0.05) is 41.4 Å². The highest BCUT2D eigenvalue weighted by atomic mass is 35.5. The molecule has 1 nitrogen and oxygen atoms in total. The van der Waals surface area contributed by atoms with E-state index in [-0.39, 0.29) is 0 Å². The van der Waals surface area contributed by atoms with Crippen LogP contribution < -0.4 is 4.74 Å². The fraction of sp³-hybridized carbons (Fsp3) is 0.143. The molecule has 2 aromatic carbocycles. The zero-order chi connectivity index (χ0) is 13.0. The molecule has 0 unspecified atom stereocenters. The summed E-state index contributed by atoms with van der Waals surface area (Å²) in [6, 6.07) is 13.0. The highest BCUT2D eigenvalue weighted by molar-refractivity contribution is 6.35. The molecule has 0 saturated carbocycles. The molecule has 0 radical (unpaired) electrons. The Morgan fingerprint density at radius 2 is 1.50 bits per heavy atom. The molecule has 0 aliphatic carbocycles. The number of halogens is 3. The molecule has 0 aliphatic heterocycles. The summed E-state index contributed by atoms with van der Waals surface area (Å²) < 4.78 is 5.64. The molecular weight excluding hydrogens is 291 g/mol. The second-order valence-electron chi connectivity index (χ2n) is 3.77. The van der Waals surface area contributed by atoms with E-state index in [0.29, 0.717) is 22.5 Å². The van der Waals surface area contributed by atoms with E-state index in [1.165, 1.54) is 0 Å². The fourth-order valence-electron chi connectivity index (χ4n) is 1.50. The maximum Gasteiger partial charge on any atom is 0.119 e. The van der Waals surface area contributed by atoms with Crippen LogP contribution in [0.4, 0.5) is 0 Å². The monoisotopic (exact) mass is 300 g/mol. The minimum atomic E-state index is 0.346. The predicted molar refractivity (Wildman–Crippen MR) is 76.8 cm³/mol. The number of ether oxygens (including phenoxy) is 1. The van der Waals surface area contributed by atoms with Crippen molar-refractivity contribution in [3.05, 3.63) is 63.6 Å². The highest BCUT2D eigenvalue weighted by Crippen LogP contribution is 2.26. The molecule has 0 N–H and O–H groups in total. The van der Waals surface area contributed by atoms with Crippen LogP contribution in [0.5, 0.6) is 5.75 Å². The number of hydrogen-bond acceptors (Lipinski definition) is 1. The summed E-state index contributed by atoms with van der Waals surface area (Å²) in [4.78, 5) is 0. The van der Waals surface area contributed by atoms with E-state index in [2.05, 4.69) is 0 Å². The van der Waals surface area contributed by atoms with Crippen LogP contribution in [0, 0.1) is 0 Å². The standard InChI is InChI=1S/C14H11Cl3O/c15-8-10-4-6-11(7-5-10)18-9-12-13(16)2-1-3-14(12)17/h1-7H,8-9H2. The summed E-state index contributed by atoms with van der Waals surface area (Å²) >= 11 is 17.8. The molecule has 0 heterocycles. The van der Waals surface area contributed by atoms with Gasteiger partial charge in [0.05, 0.1) is 0 Å². The Morgan fingerprint density at radius 3 is 2.06 bits per heavy atom. The number of hydrogen-bond donors (Lipinski definition) is 0. The van der Waals surface area contributed by atoms with Crippen LogP contribution >= 0.6 is 34.8 Å². The lowest BCUT2D eigenvalue weighted by molar-refractivity contribution is 0.306. The number of benzene rings is 2. The van der Waals surface area contributed by atoms with Crippen molar-refractivity contribution >= 4 is 34.8 Å². The van der Waals surface area contributed by atoms with E-state index in [9.17, 15) is 0 Å². The normalized spacial score (nSPS) is 10.4. The zero-order valence-corrected chi connectivity index (χ0v) is 11.8. The van der Waals surface area contributed by atoms with Crippen LogP contribution in [0.1, 0.15) is 11.1 Å². The van der Waals surface area contributed by atoms with Crippen molar-refractivity contribution in [1.82, 2.24) is 0 Å². The van der Waals surface area contributed by atoms with Crippen molar-refractivity contribution in [2.24, 2.45) is 0 Å². The van der Waals surface area contributed by atoms with Gasteiger partial charge in [-0.15, -0.1) is 11.6 Å². The molecule has 0 bridgehead atoms. The molecule has 2 aromatic rings. The minimum absolute atomic E-state index is 0.346. The number of rotatable bonds is 4. The fourth-order valence-corrected chi connectivity index (χ4v) is 2.19. The summed E-state index contributed by atoms with van der Waals surface area (Å²) in [5.41, 5.74) is 1.85. The average Bonchev–Trinajstić information content (AvgIpc) is 2.39. The van der Waals surface area contributed by atoms with Crippen molar-refractivity contribution in [3.63, 3.8) is 0 Å². The molecule has 18 heavy (non-hydrogen) atoms. The van der Waals surface area contributed by atoms with Crippen LogP contribution in [-0.4, -0.2) is 0 Å². The summed E-state index contributed by atoms with van der Waals surface area (Å²) in [5.74, 6) is 1.26. The lowest BCUT2D eigenvalue weighted by atomic mass is 10.2. The van der Waals surface area contributed by atoms with Gasteiger partial charge in [0.1, 0.15) is 12.4 Å². The Hall–Kier alpha value is -0.890. The molecule has 0 fully saturated rings. The molecule has 0 aromatic heterocycles. The van der Waals surface area contributed by atoms with Crippen LogP contribution in [-0.2, 0) is 12.5 Å². The summed E-state index contributed by atoms with van der Waals surface area (Å²) in [6.45, 7) is 0.346. The first-order chi connectivity index (χ1) is 8.70. The Bertz CT molecular complexity index is 503. The summed E-state index contributed by atoms with van der Waals surface area (Å²) in [6.07, 6.45) is 0. The SMILES string of the molecule is ClCc1ccc(OCc2c(Cl)cccc2Cl)cc1. The molecule has 4 heteroatoms. The third kappa shape index (κ3) is 3.32. The van der Waals surface area contributed by atoms with Crippen molar-refractivity contribution in [1.29, 1.82) is 0 Å². The zero-order valence-electron chi connectivity index (χ0n) is 9.50. The van der Waals surface area contributed by atoms with Gasteiger partial charge in [-0.05, 0) is 29.8 Å². The second-order valence-corrected chi connectivity index (χ2v) is 4.85. The van der Waals surface area contributed by atoms with Crippen LogP contribution in [0.3, 0.4) is 0 Å². The largest absolute Gasteiger partial charge is 0.489 e. The van der Waals surface area contributed by atoms with Crippen molar-refractivity contribution in [2.75, 3.05) is 0 Å². The van der Waals surface area contributed by atoms with Gasteiger partial charge < -0.3 is 4.74 Å². The Labute approximate surface area is 121 Å². The van der Waals surface area contributed by atoms with Gasteiger partial charge in [0.15, 0.2) is 0 Å². The Balaban J connectivity index is 2.06. The van der Waals surface area contributed by atoms with E-state index >= 15 is 0 Å². The Kier molecular flexibility index (Phi) is 4.76. The third-order valence-corrected chi connectivity index (χ3v) is 3.54. The lowest BCUT2D eigenvalue weighted by Gasteiger charge is -2.09. The van der Waals surface area contributed by atoms with Gasteiger partial charge in [-0.2, -0.15) is 0 Å². The van der Waals surface area contributed by atoms with Crippen molar-refractivity contribution in [3.8, 4) is 5.75 Å². The number of alkyl halides is 1. The van der Waals surface area contributed by atoms with Crippen LogP contribution in [0.15, 0.2) is 42.5 Å². The summed E-state index contributed by atoms with van der Waals surface area (Å²) in [5, 5.41) is 1.22. The average molecular weight is 302 g/mol. The molecular formula is C14H11Cl3O. The van der Waals surface area contributed by atoms with Gasteiger partial charge >= 0.3 is 0 Å². The lowest BCUT2D eigenvalue weighted by Crippen LogP contribution is -1.97. The van der Waals surface area contributed by atoms with Gasteiger partial charge in [0.25, 0.3) is 0 Å². The van der Waals surface area contributed by atoms with E-state index in [4.69, 9.17) is 39.5 Å². The smallest absolute Gasteiger partial charge is 0.119 e. The van der Waals surface area contributed by atoms with Gasteiger partial charge in [-0.3, -0.25) is 0 Å². The van der Waals surface area contributed by atoms with E-state index in [1.54, 1.807) is 12.1 Å². The van der Waals surface area contributed by atoms with Crippen molar-refractivity contribution in [2.45, 2.75) is 12.5 Å². The van der Waals surface area contributed by atoms with Gasteiger partial charge in [0.2, 0.25) is 0 Å². The maximum atomic E-state index is 6.06. The minimum Gasteiger partial charge on any atom is -0.489 e. The van der Waals surface area contributed by atoms with Gasteiger partial charge in [-0.25, -0.2) is 0 Å².